The Labute approximate surface area is 512 Å². The average Bonchev–Trinajstić information content (AvgIpc) is 1.09. The third-order valence-corrected chi connectivity index (χ3v) is 15.4. The first-order chi connectivity index (χ1) is 43.4. The van der Waals surface area contributed by atoms with Gasteiger partial charge in [-0.05, 0) is 44.5 Å². The Bertz CT molecular complexity index is 3160. The van der Waals surface area contributed by atoms with E-state index in [1.165, 1.54) is 14.2 Å². The second kappa shape index (κ2) is 33.4. The van der Waals surface area contributed by atoms with Crippen LogP contribution >= 0.6 is 0 Å². The number of carbonyl (C=O) groups excluding carboxylic acids is 1. The van der Waals surface area contributed by atoms with Crippen LogP contribution in [0.3, 0.4) is 0 Å². The van der Waals surface area contributed by atoms with Crippen molar-refractivity contribution in [1.29, 1.82) is 0 Å². The van der Waals surface area contributed by atoms with Gasteiger partial charge in [0, 0.05) is 12.0 Å². The SMILES string of the molecule is COC(=O)[C@H]1O[C@@H](OC[C@H]2O[C@H](OC)[C@H](OCc3ccccc3)[C@@H](OCc3ccccc3)[C@@H]2OCc2ccccc2)[C@@H](N=[N+]=[N-])[C@@H](OCc2ccccc2)[C@@H]1O[C@H]1O[C@H](CO)[C@@H](OCc2ccccc2)[C@H](OCc2ccccc2)[C@H]1OCc1ccccc1. The van der Waals surface area contributed by atoms with Gasteiger partial charge >= 0.3 is 5.97 Å². The van der Waals surface area contributed by atoms with Crippen LogP contribution in [0.2, 0.25) is 0 Å². The lowest BCUT2D eigenvalue weighted by atomic mass is 9.94. The van der Waals surface area contributed by atoms with Crippen molar-refractivity contribution in [2.24, 2.45) is 5.11 Å². The summed E-state index contributed by atoms with van der Waals surface area (Å²) < 4.78 is 93.4. The van der Waals surface area contributed by atoms with Crippen LogP contribution < -0.4 is 0 Å². The van der Waals surface area contributed by atoms with Crippen molar-refractivity contribution in [3.8, 4) is 0 Å². The maximum absolute atomic E-state index is 14.6. The number of hydrogen-bond donors (Lipinski definition) is 1. The number of nitrogens with zero attached hydrogens (tertiary/aromatic N) is 3. The van der Waals surface area contributed by atoms with Gasteiger partial charge in [-0.25, -0.2) is 4.79 Å². The summed E-state index contributed by atoms with van der Waals surface area (Å²) in [6.45, 7) is -0.0468. The molecule has 3 aliphatic heterocycles. The number of aliphatic hydroxyl groups excluding tert-OH is 1. The van der Waals surface area contributed by atoms with E-state index in [1.807, 2.05) is 212 Å². The van der Waals surface area contributed by atoms with Gasteiger partial charge in [-0.3, -0.25) is 0 Å². The number of carbonyl (C=O) groups is 1. The molecule has 3 fully saturated rings. The van der Waals surface area contributed by atoms with Crippen LogP contribution in [0.4, 0.5) is 0 Å². The second-order valence-corrected chi connectivity index (χ2v) is 21.4. The first kappa shape index (κ1) is 63.8. The summed E-state index contributed by atoms with van der Waals surface area (Å²) in [5.41, 5.74) is 16.5. The van der Waals surface area contributed by atoms with E-state index in [-0.39, 0.29) is 52.9 Å². The fourth-order valence-corrected chi connectivity index (χ4v) is 11.0. The fourth-order valence-electron chi connectivity index (χ4n) is 11.0. The number of azide groups is 1. The number of aliphatic hydroxyl groups is 1. The molecule has 7 aromatic carbocycles. The number of esters is 1. The fraction of sp³-hybridized carbons (Fsp3) is 0.377. The lowest BCUT2D eigenvalue weighted by Gasteiger charge is -2.49. The Kier molecular flexibility index (Phi) is 24.2. The minimum atomic E-state index is -1.65. The number of ether oxygens (including phenoxy) is 14. The summed E-state index contributed by atoms with van der Waals surface area (Å²) in [5.74, 6) is -0.881. The third kappa shape index (κ3) is 17.3. The molecule has 0 spiro atoms. The van der Waals surface area contributed by atoms with E-state index in [2.05, 4.69) is 10.0 Å². The zero-order valence-corrected chi connectivity index (χ0v) is 49.1. The third-order valence-electron chi connectivity index (χ3n) is 15.4. The number of benzene rings is 7. The van der Waals surface area contributed by atoms with E-state index in [1.54, 1.807) is 0 Å². The summed E-state index contributed by atoms with van der Waals surface area (Å²) >= 11 is 0. The molecule has 0 aromatic heterocycles. The van der Waals surface area contributed by atoms with Crippen molar-refractivity contribution in [2.75, 3.05) is 27.4 Å². The molecule has 3 aliphatic rings. The first-order valence-electron chi connectivity index (χ1n) is 29.5. The number of rotatable bonds is 30. The summed E-state index contributed by atoms with van der Waals surface area (Å²) in [6.07, 6.45) is -16.1. The van der Waals surface area contributed by atoms with Crippen LogP contribution in [0, 0.1) is 0 Å². The number of methoxy groups -OCH3 is 2. The predicted molar refractivity (Wildman–Crippen MR) is 321 cm³/mol. The lowest BCUT2D eigenvalue weighted by Crippen LogP contribution is -2.66. The van der Waals surface area contributed by atoms with Crippen LogP contribution in [0.25, 0.3) is 10.4 Å². The van der Waals surface area contributed by atoms with Crippen molar-refractivity contribution < 1.29 is 76.2 Å². The Balaban J connectivity index is 0.994. The zero-order valence-electron chi connectivity index (χ0n) is 49.1. The Morgan fingerprint density at radius 3 is 1.09 bits per heavy atom. The molecule has 88 heavy (non-hydrogen) atoms. The van der Waals surface area contributed by atoms with Gasteiger partial charge in [0.25, 0.3) is 0 Å². The summed E-state index contributed by atoms with van der Waals surface area (Å²) in [6, 6.07) is 65.8. The van der Waals surface area contributed by atoms with Gasteiger partial charge in [0.15, 0.2) is 25.0 Å². The van der Waals surface area contributed by atoms with Gasteiger partial charge in [0.1, 0.15) is 67.1 Å². The molecule has 462 valence electrons. The summed E-state index contributed by atoms with van der Waals surface area (Å²) in [4.78, 5) is 17.9. The van der Waals surface area contributed by atoms with Gasteiger partial charge in [-0.2, -0.15) is 0 Å². The molecule has 15 atom stereocenters. The molecule has 0 bridgehead atoms. The van der Waals surface area contributed by atoms with Crippen molar-refractivity contribution in [3.05, 3.63) is 262 Å². The van der Waals surface area contributed by atoms with Crippen LogP contribution in [0.1, 0.15) is 38.9 Å². The molecule has 10 rings (SSSR count). The molecular weight excluding hydrogens is 1130 g/mol. The van der Waals surface area contributed by atoms with Crippen molar-refractivity contribution in [3.63, 3.8) is 0 Å². The quantitative estimate of drug-likeness (QED) is 0.0192. The smallest absolute Gasteiger partial charge is 0.337 e. The molecule has 0 unspecified atom stereocenters. The van der Waals surface area contributed by atoms with E-state index in [9.17, 15) is 15.4 Å². The molecule has 0 saturated carbocycles. The number of hydrogen-bond acceptors (Lipinski definition) is 17. The Morgan fingerprint density at radius 2 is 0.739 bits per heavy atom. The second-order valence-electron chi connectivity index (χ2n) is 21.4. The van der Waals surface area contributed by atoms with E-state index < -0.39 is 105 Å². The maximum atomic E-state index is 14.6. The van der Waals surface area contributed by atoms with Crippen molar-refractivity contribution in [1.82, 2.24) is 0 Å². The monoisotopic (exact) mass is 1200 g/mol. The molecule has 1 N–H and O–H groups in total. The average molecular weight is 1200 g/mol. The highest BCUT2D eigenvalue weighted by Crippen LogP contribution is 2.38. The zero-order chi connectivity index (χ0) is 60.7. The van der Waals surface area contributed by atoms with E-state index in [4.69, 9.17) is 66.3 Å². The molecule has 0 radical (unpaired) electrons. The normalized spacial score (nSPS) is 27.0. The molecule has 19 nitrogen and oxygen atoms in total. The van der Waals surface area contributed by atoms with E-state index in [0.29, 0.717) is 0 Å². The summed E-state index contributed by atoms with van der Waals surface area (Å²) in [7, 11) is 2.73. The van der Waals surface area contributed by atoms with Crippen LogP contribution in [-0.2, 0) is 117 Å². The standard InChI is InChI=1S/C69H75N3O16/c1-75-66(74)63-62(87-69-65(83-45-53-36-22-9-23-37-53)60(80-42-50-30-16-6-17-31-50)57(54(38-73)85-69)77-39-47-24-10-3-11-25-47)59(79-41-49-28-14-5-15-29-49)56(71-72-70)67(88-63)84-46-55-58(78-40-48-26-12-4-13-27-48)61(81-43-51-32-18-7-19-33-51)64(68(76-2)86-55)82-44-52-34-20-8-21-35-52/h3-37,54-65,67-69,73H,38-46H2,1-2H3/t54-,55-,56+,57-,58-,59-,60+,61+,62+,63+,64-,65-,67-,68+,69-/m1/s1. The molecule has 7 aromatic rings. The molecule has 0 aliphatic carbocycles. The Morgan fingerprint density at radius 1 is 0.409 bits per heavy atom. The molecule has 0 amide bonds. The highest BCUT2D eigenvalue weighted by Gasteiger charge is 2.57. The molecular formula is C69H75N3O16. The molecule has 3 heterocycles. The van der Waals surface area contributed by atoms with Gasteiger partial charge in [-0.15, -0.1) is 0 Å². The molecule has 3 saturated heterocycles. The lowest BCUT2D eigenvalue weighted by molar-refractivity contribution is -0.363. The topological polar surface area (TPSA) is 215 Å². The maximum Gasteiger partial charge on any atom is 0.337 e. The van der Waals surface area contributed by atoms with Crippen LogP contribution in [-0.4, -0.2) is 131 Å². The minimum absolute atomic E-state index is 0.0537. The van der Waals surface area contributed by atoms with Crippen LogP contribution in [0.15, 0.2) is 217 Å². The van der Waals surface area contributed by atoms with Gasteiger partial charge in [0.2, 0.25) is 0 Å². The first-order valence-corrected chi connectivity index (χ1v) is 29.5. The highest BCUT2D eigenvalue weighted by atomic mass is 16.8. The van der Waals surface area contributed by atoms with E-state index >= 15 is 0 Å². The minimum Gasteiger partial charge on any atom is -0.467 e. The van der Waals surface area contributed by atoms with Gasteiger partial charge in [0.05, 0.1) is 66.6 Å². The van der Waals surface area contributed by atoms with Gasteiger partial charge in [-0.1, -0.05) is 217 Å². The van der Waals surface area contributed by atoms with E-state index in [0.717, 1.165) is 38.9 Å². The molecule has 19 heteroatoms. The largest absolute Gasteiger partial charge is 0.467 e. The van der Waals surface area contributed by atoms with Crippen LogP contribution in [0.5, 0.6) is 0 Å². The predicted octanol–water partition coefficient (Wildman–Crippen LogP) is 10.2. The highest BCUT2D eigenvalue weighted by molar-refractivity contribution is 5.75. The Hall–Kier alpha value is -7.24. The van der Waals surface area contributed by atoms with Crippen molar-refractivity contribution in [2.45, 2.75) is 138 Å². The summed E-state index contributed by atoms with van der Waals surface area (Å²) in [5, 5.41) is 15.6. The van der Waals surface area contributed by atoms with Gasteiger partial charge < -0.3 is 71.4 Å². The van der Waals surface area contributed by atoms with Crippen molar-refractivity contribution >= 4 is 5.97 Å².